The van der Waals surface area contributed by atoms with Gasteiger partial charge in [-0.2, -0.15) is 0 Å². The van der Waals surface area contributed by atoms with Crippen molar-refractivity contribution in [2.45, 2.75) is 44.1 Å². The molecule has 3 unspecified atom stereocenters. The summed E-state index contributed by atoms with van der Waals surface area (Å²) < 4.78 is 5.43. The number of amides is 1. The van der Waals surface area contributed by atoms with Gasteiger partial charge >= 0.3 is 5.97 Å². The third-order valence-corrected chi connectivity index (χ3v) is 8.24. The molecule has 3 aromatic carbocycles. The summed E-state index contributed by atoms with van der Waals surface area (Å²) in [4.78, 5) is 29.5. The van der Waals surface area contributed by atoms with Crippen molar-refractivity contribution in [3.8, 4) is 5.75 Å². The van der Waals surface area contributed by atoms with Crippen molar-refractivity contribution in [3.63, 3.8) is 0 Å². The highest BCUT2D eigenvalue weighted by Crippen LogP contribution is 2.50. The highest BCUT2D eigenvalue weighted by Gasteiger charge is 2.48. The lowest BCUT2D eigenvalue weighted by molar-refractivity contribution is -0.131. The fraction of sp³-hybridized carbons (Fsp3) is 0.400. The normalized spacial score (nSPS) is 24.5. The highest BCUT2D eigenvalue weighted by molar-refractivity contribution is 5.98. The Bertz CT molecular complexity index is 1260. The Kier molecular flexibility index (Phi) is 6.37. The molecule has 2 aliphatic rings. The van der Waals surface area contributed by atoms with Crippen LogP contribution in [0.25, 0.3) is 10.8 Å². The van der Waals surface area contributed by atoms with Gasteiger partial charge in [-0.3, -0.25) is 9.59 Å². The first-order valence-corrected chi connectivity index (χ1v) is 12.6. The van der Waals surface area contributed by atoms with E-state index in [4.69, 9.17) is 4.74 Å². The predicted molar refractivity (Wildman–Crippen MR) is 139 cm³/mol. The number of fused-ring (bicyclic) bond motifs is 2. The van der Waals surface area contributed by atoms with Gasteiger partial charge in [0, 0.05) is 37.5 Å². The van der Waals surface area contributed by atoms with Crippen molar-refractivity contribution >= 4 is 22.6 Å². The SMILES string of the molecule is CC(=O)Oc1cccc(C23CCN(C)CC2CCC(N(C)C(=O)c2ccc4ccccc4c2)C3)c1. The summed E-state index contributed by atoms with van der Waals surface area (Å²) in [7, 11) is 4.15. The molecule has 0 bridgehead atoms. The maximum Gasteiger partial charge on any atom is 0.308 e. The van der Waals surface area contributed by atoms with Crippen LogP contribution < -0.4 is 4.74 Å². The third kappa shape index (κ3) is 4.57. The van der Waals surface area contributed by atoms with Crippen molar-refractivity contribution in [3.05, 3.63) is 77.9 Å². The number of benzene rings is 3. The molecule has 1 aliphatic heterocycles. The topological polar surface area (TPSA) is 49.9 Å². The fourth-order valence-corrected chi connectivity index (χ4v) is 6.34. The second kappa shape index (κ2) is 9.46. The van der Waals surface area contributed by atoms with Crippen molar-refractivity contribution in [1.82, 2.24) is 9.80 Å². The molecule has 3 atom stereocenters. The summed E-state index contributed by atoms with van der Waals surface area (Å²) in [6, 6.07) is 22.4. The average molecular weight is 471 g/mol. The molecular weight excluding hydrogens is 436 g/mol. The predicted octanol–water partition coefficient (Wildman–Crippen LogP) is 5.28. The number of carbonyl (C=O) groups excluding carboxylic acids is 2. The third-order valence-electron chi connectivity index (χ3n) is 8.24. The van der Waals surface area contributed by atoms with E-state index >= 15 is 0 Å². The van der Waals surface area contributed by atoms with Crippen LogP contribution in [0.3, 0.4) is 0 Å². The fourth-order valence-electron chi connectivity index (χ4n) is 6.34. The summed E-state index contributed by atoms with van der Waals surface area (Å²) in [5.41, 5.74) is 1.93. The Labute approximate surface area is 207 Å². The summed E-state index contributed by atoms with van der Waals surface area (Å²) in [6.45, 7) is 3.50. The zero-order valence-electron chi connectivity index (χ0n) is 20.9. The number of rotatable bonds is 4. The Morgan fingerprint density at radius 2 is 1.80 bits per heavy atom. The van der Waals surface area contributed by atoms with E-state index in [0.717, 1.165) is 55.1 Å². The quantitative estimate of drug-likeness (QED) is 0.385. The summed E-state index contributed by atoms with van der Waals surface area (Å²) in [6.07, 6.45) is 4.03. The summed E-state index contributed by atoms with van der Waals surface area (Å²) >= 11 is 0. The number of hydrogen-bond acceptors (Lipinski definition) is 4. The smallest absolute Gasteiger partial charge is 0.308 e. The first-order valence-electron chi connectivity index (χ1n) is 12.6. The van der Waals surface area contributed by atoms with E-state index in [1.165, 1.54) is 12.5 Å². The monoisotopic (exact) mass is 470 g/mol. The number of likely N-dealkylation sites (tertiary alicyclic amines) is 1. The van der Waals surface area contributed by atoms with Gasteiger partial charge in [-0.1, -0.05) is 42.5 Å². The van der Waals surface area contributed by atoms with Gasteiger partial charge in [0.05, 0.1) is 0 Å². The average Bonchev–Trinajstić information content (AvgIpc) is 2.87. The lowest BCUT2D eigenvalue weighted by atomic mass is 9.58. The first kappa shape index (κ1) is 23.6. The molecule has 1 saturated heterocycles. The van der Waals surface area contributed by atoms with Crippen LogP contribution in [0.5, 0.6) is 5.75 Å². The maximum atomic E-state index is 13.6. The van der Waals surface area contributed by atoms with Crippen molar-refractivity contribution in [2.75, 3.05) is 27.2 Å². The molecule has 1 aliphatic carbocycles. The molecule has 1 amide bonds. The molecule has 5 nitrogen and oxygen atoms in total. The minimum absolute atomic E-state index is 0.0382. The van der Waals surface area contributed by atoms with E-state index in [1.807, 2.05) is 60.5 Å². The van der Waals surface area contributed by atoms with E-state index in [-0.39, 0.29) is 23.3 Å². The van der Waals surface area contributed by atoms with E-state index in [9.17, 15) is 9.59 Å². The Morgan fingerprint density at radius 3 is 2.60 bits per heavy atom. The molecule has 3 aromatic rings. The number of piperidine rings is 1. The van der Waals surface area contributed by atoms with Crippen molar-refractivity contribution in [1.29, 1.82) is 0 Å². The van der Waals surface area contributed by atoms with Crippen LogP contribution in [-0.2, 0) is 10.2 Å². The van der Waals surface area contributed by atoms with Crippen LogP contribution in [0, 0.1) is 5.92 Å². The van der Waals surface area contributed by atoms with Crippen LogP contribution >= 0.6 is 0 Å². The molecule has 35 heavy (non-hydrogen) atoms. The Hall–Kier alpha value is -3.18. The van der Waals surface area contributed by atoms with E-state index in [1.54, 1.807) is 0 Å². The van der Waals surface area contributed by atoms with E-state index < -0.39 is 0 Å². The first-order chi connectivity index (χ1) is 16.9. The zero-order valence-corrected chi connectivity index (χ0v) is 20.9. The van der Waals surface area contributed by atoms with Crippen LogP contribution in [-0.4, -0.2) is 54.9 Å². The largest absolute Gasteiger partial charge is 0.427 e. The number of hydrogen-bond donors (Lipinski definition) is 0. The Balaban J connectivity index is 1.44. The van der Waals surface area contributed by atoms with Gasteiger partial charge in [0.15, 0.2) is 0 Å². The van der Waals surface area contributed by atoms with Gasteiger partial charge in [-0.25, -0.2) is 0 Å². The van der Waals surface area contributed by atoms with Crippen molar-refractivity contribution in [2.24, 2.45) is 5.92 Å². The number of ether oxygens (including phenoxy) is 1. The number of nitrogens with zero attached hydrogens (tertiary/aromatic N) is 2. The number of carbonyl (C=O) groups is 2. The lowest BCUT2D eigenvalue weighted by Gasteiger charge is -2.53. The van der Waals surface area contributed by atoms with E-state index in [0.29, 0.717) is 11.7 Å². The molecule has 0 spiro atoms. The van der Waals surface area contributed by atoms with Crippen molar-refractivity contribution < 1.29 is 14.3 Å². The standard InChI is InChI=1S/C30H34N2O3/c1-21(33)35-28-10-6-9-25(18-28)30-15-16-31(2)20-26(30)13-14-27(19-30)32(3)29(34)24-12-11-22-7-4-5-8-23(22)17-24/h4-12,17-18,26-27H,13-16,19-20H2,1-3H3. The second-order valence-electron chi connectivity index (χ2n) is 10.4. The van der Waals surface area contributed by atoms with E-state index in [2.05, 4.69) is 30.1 Å². The van der Waals surface area contributed by atoms with Crippen LogP contribution in [0.4, 0.5) is 0 Å². The molecule has 0 radical (unpaired) electrons. The van der Waals surface area contributed by atoms with Crippen LogP contribution in [0.2, 0.25) is 0 Å². The minimum atomic E-state index is -0.304. The number of esters is 1. The second-order valence-corrected chi connectivity index (χ2v) is 10.4. The van der Waals surface area contributed by atoms with Gasteiger partial charge in [0.1, 0.15) is 5.75 Å². The van der Waals surface area contributed by atoms with Gasteiger partial charge in [0.2, 0.25) is 0 Å². The summed E-state index contributed by atoms with van der Waals surface area (Å²) in [5, 5.41) is 2.23. The van der Waals surface area contributed by atoms with Gasteiger partial charge in [0.25, 0.3) is 5.91 Å². The Morgan fingerprint density at radius 1 is 1.00 bits per heavy atom. The molecule has 0 aromatic heterocycles. The highest BCUT2D eigenvalue weighted by atomic mass is 16.5. The molecule has 0 N–H and O–H groups in total. The van der Waals surface area contributed by atoms with Gasteiger partial charge < -0.3 is 14.5 Å². The maximum absolute atomic E-state index is 13.6. The molecule has 1 saturated carbocycles. The van der Waals surface area contributed by atoms with Crippen LogP contribution in [0.15, 0.2) is 66.7 Å². The molecule has 5 rings (SSSR count). The van der Waals surface area contributed by atoms with Gasteiger partial charge in [-0.05, 0) is 85.8 Å². The van der Waals surface area contributed by atoms with Crippen LogP contribution in [0.1, 0.15) is 48.5 Å². The molecule has 5 heteroatoms. The molecular formula is C30H34N2O3. The minimum Gasteiger partial charge on any atom is -0.427 e. The zero-order chi connectivity index (χ0) is 24.6. The molecule has 2 fully saturated rings. The van der Waals surface area contributed by atoms with Gasteiger partial charge in [-0.15, -0.1) is 0 Å². The molecule has 1 heterocycles. The summed E-state index contributed by atoms with van der Waals surface area (Å²) in [5.74, 6) is 0.886. The lowest BCUT2D eigenvalue weighted by Crippen LogP contribution is -2.55. The molecule has 182 valence electrons.